The Balaban J connectivity index is 1.55. The summed E-state index contributed by atoms with van der Waals surface area (Å²) in [4.78, 5) is 5.33. The van der Waals surface area contributed by atoms with Gasteiger partial charge in [-0.2, -0.15) is 0 Å². The topological polar surface area (TPSA) is 49.7 Å². The summed E-state index contributed by atoms with van der Waals surface area (Å²) in [6.07, 6.45) is 14.9. The Hall–Kier alpha value is -0.380. The van der Waals surface area contributed by atoms with Crippen molar-refractivity contribution >= 4 is 0 Å². The summed E-state index contributed by atoms with van der Waals surface area (Å²) in [5, 5.41) is 20.3. The van der Waals surface area contributed by atoms with Crippen LogP contribution in [0.5, 0.6) is 0 Å². The fraction of sp³-hybridized carbons (Fsp3) is 0.926. The van der Waals surface area contributed by atoms with Crippen molar-refractivity contribution in [1.29, 1.82) is 0 Å². The van der Waals surface area contributed by atoms with Gasteiger partial charge in [0.2, 0.25) is 0 Å². The Morgan fingerprint density at radius 2 is 1.90 bits per heavy atom. The van der Waals surface area contributed by atoms with E-state index in [1.54, 1.807) is 5.57 Å². The molecule has 3 heteroatoms. The van der Waals surface area contributed by atoms with Crippen LogP contribution in [-0.2, 0) is 4.89 Å². The van der Waals surface area contributed by atoms with Crippen LogP contribution in [0.15, 0.2) is 11.6 Å². The number of aliphatic hydroxyl groups excluding tert-OH is 1. The van der Waals surface area contributed by atoms with Gasteiger partial charge in [0.15, 0.2) is 0 Å². The van der Waals surface area contributed by atoms with E-state index >= 15 is 0 Å². The summed E-state index contributed by atoms with van der Waals surface area (Å²) in [7, 11) is 0. The highest BCUT2D eigenvalue weighted by Crippen LogP contribution is 2.68. The van der Waals surface area contributed by atoms with E-state index in [-0.39, 0.29) is 11.5 Å². The van der Waals surface area contributed by atoms with Crippen molar-refractivity contribution in [2.24, 2.45) is 40.4 Å². The van der Waals surface area contributed by atoms with E-state index in [0.717, 1.165) is 49.9 Å². The van der Waals surface area contributed by atoms with E-state index in [1.807, 2.05) is 0 Å². The van der Waals surface area contributed by atoms with Crippen LogP contribution in [0.3, 0.4) is 0 Å². The number of rotatable bonds is 6. The second-order valence-corrected chi connectivity index (χ2v) is 12.5. The van der Waals surface area contributed by atoms with Crippen molar-refractivity contribution in [2.45, 2.75) is 117 Å². The van der Waals surface area contributed by atoms with Gasteiger partial charge in [0.1, 0.15) is 5.60 Å². The molecule has 3 saturated carbocycles. The van der Waals surface area contributed by atoms with Gasteiger partial charge in [0, 0.05) is 0 Å². The number of allylic oxidation sites excluding steroid dienone is 1. The molecule has 2 N–H and O–H groups in total. The molecule has 172 valence electrons. The minimum absolute atomic E-state index is 0.126. The maximum Gasteiger partial charge on any atom is 0.104 e. The first-order chi connectivity index (χ1) is 14.1. The van der Waals surface area contributed by atoms with Crippen LogP contribution < -0.4 is 0 Å². The minimum atomic E-state index is -0.417. The third-order valence-corrected chi connectivity index (χ3v) is 10.5. The van der Waals surface area contributed by atoms with Gasteiger partial charge >= 0.3 is 0 Å². The first-order valence-corrected chi connectivity index (χ1v) is 12.8. The fourth-order valence-corrected chi connectivity index (χ4v) is 8.79. The third-order valence-electron chi connectivity index (χ3n) is 10.5. The van der Waals surface area contributed by atoms with Crippen LogP contribution >= 0.6 is 0 Å². The molecule has 0 aromatic heterocycles. The van der Waals surface area contributed by atoms with Crippen LogP contribution in [-0.4, -0.2) is 22.1 Å². The van der Waals surface area contributed by atoms with Gasteiger partial charge < -0.3 is 5.11 Å². The summed E-state index contributed by atoms with van der Waals surface area (Å²) in [6.45, 7) is 11.8. The van der Waals surface area contributed by atoms with E-state index in [0.29, 0.717) is 17.3 Å². The van der Waals surface area contributed by atoms with E-state index in [1.165, 1.54) is 38.5 Å². The molecule has 3 nitrogen and oxygen atoms in total. The molecular formula is C27H46O3. The molecule has 0 radical (unpaired) electrons. The van der Waals surface area contributed by atoms with E-state index < -0.39 is 5.60 Å². The Morgan fingerprint density at radius 1 is 1.13 bits per heavy atom. The molecule has 0 heterocycles. The van der Waals surface area contributed by atoms with Crippen molar-refractivity contribution in [3.63, 3.8) is 0 Å². The average molecular weight is 419 g/mol. The largest absolute Gasteiger partial charge is 0.393 e. The number of aliphatic hydroxyl groups is 1. The van der Waals surface area contributed by atoms with Gasteiger partial charge in [-0.1, -0.05) is 52.2 Å². The number of fused-ring (bicyclic) bond motifs is 5. The van der Waals surface area contributed by atoms with Crippen molar-refractivity contribution in [1.82, 2.24) is 0 Å². The van der Waals surface area contributed by atoms with Gasteiger partial charge in [-0.15, -0.1) is 0 Å². The maximum absolute atomic E-state index is 10.2. The quantitative estimate of drug-likeness (QED) is 0.277. The molecule has 4 rings (SSSR count). The third kappa shape index (κ3) is 3.61. The molecule has 4 aliphatic rings. The lowest BCUT2D eigenvalue weighted by Crippen LogP contribution is -2.53. The summed E-state index contributed by atoms with van der Waals surface area (Å²) < 4.78 is 0. The highest BCUT2D eigenvalue weighted by molar-refractivity contribution is 5.25. The van der Waals surface area contributed by atoms with Crippen LogP contribution in [0.1, 0.15) is 105 Å². The lowest BCUT2D eigenvalue weighted by Gasteiger charge is -2.59. The van der Waals surface area contributed by atoms with E-state index in [9.17, 15) is 10.4 Å². The summed E-state index contributed by atoms with van der Waals surface area (Å²) >= 11 is 0. The summed E-state index contributed by atoms with van der Waals surface area (Å²) in [6, 6.07) is 0. The zero-order valence-electron chi connectivity index (χ0n) is 20.1. The smallest absolute Gasteiger partial charge is 0.104 e. The molecule has 30 heavy (non-hydrogen) atoms. The molecule has 0 bridgehead atoms. The number of hydrogen-bond acceptors (Lipinski definition) is 3. The zero-order chi connectivity index (χ0) is 21.7. The number of hydrogen-bond donors (Lipinski definition) is 2. The van der Waals surface area contributed by atoms with Gasteiger partial charge in [0.25, 0.3) is 0 Å². The van der Waals surface area contributed by atoms with Crippen LogP contribution in [0.2, 0.25) is 0 Å². The van der Waals surface area contributed by atoms with E-state index in [2.05, 4.69) is 40.7 Å². The molecule has 0 amide bonds. The van der Waals surface area contributed by atoms with E-state index in [4.69, 9.17) is 4.89 Å². The van der Waals surface area contributed by atoms with Gasteiger partial charge in [-0.05, 0) is 105 Å². The SMILES string of the molecule is CC(C)CCCC(C)(OO)C1CCC2C3CC=C4CC(O)CCC4(C)C3CCC21C. The fourth-order valence-electron chi connectivity index (χ4n) is 8.79. The van der Waals surface area contributed by atoms with Crippen LogP contribution in [0.25, 0.3) is 0 Å². The predicted molar refractivity (Wildman–Crippen MR) is 122 cm³/mol. The summed E-state index contributed by atoms with van der Waals surface area (Å²) in [5.74, 6) is 3.41. The first kappa shape index (κ1) is 22.8. The van der Waals surface area contributed by atoms with Gasteiger partial charge in [-0.25, -0.2) is 4.89 Å². The van der Waals surface area contributed by atoms with Gasteiger partial charge in [-0.3, -0.25) is 5.26 Å². The second-order valence-electron chi connectivity index (χ2n) is 12.5. The monoisotopic (exact) mass is 418 g/mol. The lowest BCUT2D eigenvalue weighted by molar-refractivity contribution is -0.343. The van der Waals surface area contributed by atoms with Crippen molar-refractivity contribution in [3.05, 3.63) is 11.6 Å². The molecule has 0 saturated heterocycles. The van der Waals surface area contributed by atoms with Crippen molar-refractivity contribution < 1.29 is 15.3 Å². The minimum Gasteiger partial charge on any atom is -0.393 e. The lowest BCUT2D eigenvalue weighted by atomic mass is 9.46. The Kier molecular flexibility index (Phi) is 6.23. The second kappa shape index (κ2) is 8.19. The Labute approximate surface area is 184 Å². The first-order valence-electron chi connectivity index (χ1n) is 12.8. The average Bonchev–Trinajstić information content (AvgIpc) is 3.06. The molecule has 4 aliphatic carbocycles. The standard InChI is InChI=1S/C27H46O3/c1-18(2)7-6-14-27(5,30-29)24-11-10-22-21-9-8-19-17-20(28)12-15-25(19,3)23(21)13-16-26(22,24)4/h8,18,20-24,28-29H,6-7,9-17H2,1-5H3. The normalized spacial score (nSPS) is 45.3. The molecular weight excluding hydrogens is 372 g/mol. The molecule has 8 atom stereocenters. The maximum atomic E-state index is 10.2. The Morgan fingerprint density at radius 3 is 2.60 bits per heavy atom. The summed E-state index contributed by atoms with van der Waals surface area (Å²) in [5.41, 5.74) is 1.71. The molecule has 0 spiro atoms. The molecule has 0 aliphatic heterocycles. The highest BCUT2D eigenvalue weighted by Gasteiger charge is 2.61. The molecule has 3 fully saturated rings. The molecule has 0 aromatic carbocycles. The molecule has 0 aromatic rings. The van der Waals surface area contributed by atoms with Gasteiger partial charge in [0.05, 0.1) is 6.10 Å². The molecule has 8 unspecified atom stereocenters. The zero-order valence-corrected chi connectivity index (χ0v) is 20.1. The van der Waals surface area contributed by atoms with Crippen LogP contribution in [0.4, 0.5) is 0 Å². The highest BCUT2D eigenvalue weighted by atomic mass is 17.1. The van der Waals surface area contributed by atoms with Crippen molar-refractivity contribution in [3.8, 4) is 0 Å². The van der Waals surface area contributed by atoms with Crippen LogP contribution in [0, 0.1) is 40.4 Å². The van der Waals surface area contributed by atoms with Crippen molar-refractivity contribution in [2.75, 3.05) is 0 Å². The Bertz CT molecular complexity index is 656. The predicted octanol–water partition coefficient (Wildman–Crippen LogP) is 7.00.